The molecule has 59 heavy (non-hydrogen) atoms. The second-order valence-corrected chi connectivity index (χ2v) is 18.7. The summed E-state index contributed by atoms with van der Waals surface area (Å²) >= 11 is 0. The largest absolute Gasteiger partial charge is 0.524 e. The molecule has 0 aromatic heterocycles. The van der Waals surface area contributed by atoms with Gasteiger partial charge in [-0.25, -0.2) is 13.7 Å². The Hall–Kier alpha value is -1.43. The zero-order chi connectivity index (χ0) is 44.3. The lowest BCUT2D eigenvalue weighted by atomic mass is 9.93. The first kappa shape index (κ1) is 55.6. The average molecular weight is 913 g/mol. The fourth-order valence-electron chi connectivity index (χ4n) is 6.40. The lowest BCUT2D eigenvalue weighted by Gasteiger charge is -2.37. The van der Waals surface area contributed by atoms with Gasteiger partial charge in [0.15, 0.2) is 29.8 Å². The topological polar surface area (TPSA) is 303 Å². The molecule has 22 heteroatoms. The molecule has 1 unspecified atom stereocenters. The van der Waals surface area contributed by atoms with E-state index in [1.165, 1.54) is 64.2 Å². The van der Waals surface area contributed by atoms with Gasteiger partial charge < -0.3 is 44.0 Å². The molecule has 0 amide bonds. The van der Waals surface area contributed by atoms with E-state index in [-0.39, 0.29) is 12.8 Å². The maximum Gasteiger partial charge on any atom is 0.524 e. The predicted molar refractivity (Wildman–Crippen MR) is 215 cm³/mol. The summed E-state index contributed by atoms with van der Waals surface area (Å²) in [6.07, 6.45) is 12.3. The Bertz CT molecular complexity index is 1350. The number of hydrogen-bond donors (Lipinski definition) is 8. The molecule has 0 saturated heterocycles. The van der Waals surface area contributed by atoms with E-state index in [1.54, 1.807) is 0 Å². The second kappa shape index (κ2) is 30.6. The van der Waals surface area contributed by atoms with Gasteiger partial charge in [-0.15, -0.1) is 0 Å². The van der Waals surface area contributed by atoms with Crippen LogP contribution < -0.4 is 0 Å². The Morgan fingerprint density at radius 3 is 1.39 bits per heavy atom. The minimum atomic E-state index is -5.65. The number of carbonyl (C=O) groups is 2. The molecule has 1 rings (SSSR count). The molecule has 348 valence electrons. The Balaban J connectivity index is 2.76. The molecule has 8 N–H and O–H groups in total. The average Bonchev–Trinajstić information content (AvgIpc) is 3.15. The molecule has 0 spiro atoms. The standard InChI is InChI=1S/C37H71O19P3/c1-3-5-7-9-11-12-13-14-15-16-17-18-20-21-23-25-30(38)51-27-29(53-31(39)26-24-22-19-10-8-6-4-2)28-52-59(49,50)56-35-32(40)33(41)36(54-57(43,44)45)37(34(35)42)55-58(46,47)48/h29,32-33,35-36,40-42H,3-28H2,1-2H3,(H,49,50)(H2,43,44,45)(H2,46,47,48)/t29-,32+,33-,35+,36-/m0/s1. The van der Waals surface area contributed by atoms with Crippen molar-refractivity contribution in [2.45, 2.75) is 198 Å². The summed E-state index contributed by atoms with van der Waals surface area (Å²) in [5, 5.41) is 31.5. The first-order valence-electron chi connectivity index (χ1n) is 21.1. The first-order valence-corrected chi connectivity index (χ1v) is 25.6. The van der Waals surface area contributed by atoms with E-state index in [1.807, 2.05) is 0 Å². The highest BCUT2D eigenvalue weighted by Gasteiger charge is 2.52. The van der Waals surface area contributed by atoms with E-state index in [0.29, 0.717) is 12.8 Å². The van der Waals surface area contributed by atoms with Gasteiger partial charge >= 0.3 is 35.4 Å². The summed E-state index contributed by atoms with van der Waals surface area (Å²) in [6, 6.07) is 0. The van der Waals surface area contributed by atoms with Crippen molar-refractivity contribution in [3.8, 4) is 0 Å². The summed E-state index contributed by atoms with van der Waals surface area (Å²) < 4.78 is 64.7. The van der Waals surface area contributed by atoms with Gasteiger partial charge in [0.2, 0.25) is 0 Å². The van der Waals surface area contributed by atoms with Crippen molar-refractivity contribution in [3.05, 3.63) is 11.5 Å². The fourth-order valence-corrected chi connectivity index (χ4v) is 8.29. The number of ether oxygens (including phenoxy) is 2. The zero-order valence-electron chi connectivity index (χ0n) is 34.7. The zero-order valence-corrected chi connectivity index (χ0v) is 37.4. The summed E-state index contributed by atoms with van der Waals surface area (Å²) in [5.41, 5.74) is 0. The number of aliphatic hydroxyl groups excluding tert-OH is 3. The molecule has 1 aliphatic rings. The highest BCUT2D eigenvalue weighted by Crippen LogP contribution is 2.52. The number of carbonyl (C=O) groups excluding carboxylic acids is 2. The lowest BCUT2D eigenvalue weighted by molar-refractivity contribution is -0.161. The van der Waals surface area contributed by atoms with Crippen LogP contribution in [0.2, 0.25) is 0 Å². The molecule has 0 aromatic carbocycles. The molecule has 1 aliphatic carbocycles. The first-order chi connectivity index (χ1) is 27.8. The quantitative estimate of drug-likeness (QED) is 0.0172. The molecule has 0 aliphatic heterocycles. The third kappa shape index (κ3) is 27.3. The van der Waals surface area contributed by atoms with Crippen LogP contribution in [0.25, 0.3) is 0 Å². The summed E-state index contributed by atoms with van der Waals surface area (Å²) in [4.78, 5) is 72.5. The summed E-state index contributed by atoms with van der Waals surface area (Å²) in [6.45, 7) is 2.83. The van der Waals surface area contributed by atoms with Gasteiger partial charge in [0.1, 0.15) is 18.8 Å². The number of rotatable bonds is 36. The Kier molecular flexibility index (Phi) is 28.8. The second-order valence-electron chi connectivity index (χ2n) is 15.0. The van der Waals surface area contributed by atoms with Crippen molar-refractivity contribution in [1.29, 1.82) is 0 Å². The molecule has 0 fully saturated rings. The van der Waals surface area contributed by atoms with E-state index in [0.717, 1.165) is 64.2 Å². The van der Waals surface area contributed by atoms with E-state index >= 15 is 0 Å². The van der Waals surface area contributed by atoms with Crippen LogP contribution >= 0.6 is 23.5 Å². The molecule has 6 atom stereocenters. The molecule has 0 bridgehead atoms. The summed E-state index contributed by atoms with van der Waals surface area (Å²) in [5.74, 6) is -4.42. The van der Waals surface area contributed by atoms with E-state index in [2.05, 4.69) is 22.9 Å². The Labute approximate surface area is 348 Å². The molecular formula is C37H71O19P3. The van der Waals surface area contributed by atoms with Crippen molar-refractivity contribution in [2.24, 2.45) is 0 Å². The van der Waals surface area contributed by atoms with Gasteiger partial charge in [0.05, 0.1) is 6.61 Å². The van der Waals surface area contributed by atoms with Crippen LogP contribution in [0, 0.1) is 0 Å². The smallest absolute Gasteiger partial charge is 0.506 e. The van der Waals surface area contributed by atoms with Crippen molar-refractivity contribution in [2.75, 3.05) is 13.2 Å². The number of aliphatic hydroxyl groups is 3. The number of hydrogen-bond acceptors (Lipinski definition) is 14. The van der Waals surface area contributed by atoms with Crippen LogP contribution in [0.4, 0.5) is 0 Å². The van der Waals surface area contributed by atoms with Crippen LogP contribution in [-0.2, 0) is 50.9 Å². The monoisotopic (exact) mass is 912 g/mol. The maximum atomic E-state index is 13.0. The van der Waals surface area contributed by atoms with Crippen LogP contribution in [-0.4, -0.2) is 95.5 Å². The number of phosphoric ester groups is 3. The highest BCUT2D eigenvalue weighted by atomic mass is 31.2. The fraction of sp³-hybridized carbons (Fsp3) is 0.892. The number of unbranched alkanes of at least 4 members (excludes halogenated alkanes) is 20. The van der Waals surface area contributed by atoms with E-state index in [9.17, 15) is 53.3 Å². The minimum absolute atomic E-state index is 0.00431. The third-order valence-electron chi connectivity index (χ3n) is 9.59. The van der Waals surface area contributed by atoms with Crippen LogP contribution in [0.3, 0.4) is 0 Å². The highest BCUT2D eigenvalue weighted by molar-refractivity contribution is 7.47. The van der Waals surface area contributed by atoms with Gasteiger partial charge in [0.25, 0.3) is 0 Å². The molecule has 0 aromatic rings. The predicted octanol–water partition coefficient (Wildman–Crippen LogP) is 7.44. The van der Waals surface area contributed by atoms with E-state index in [4.69, 9.17) is 28.3 Å². The Morgan fingerprint density at radius 1 is 0.559 bits per heavy atom. The van der Waals surface area contributed by atoms with Crippen molar-refractivity contribution in [1.82, 2.24) is 0 Å². The lowest BCUT2D eigenvalue weighted by Crippen LogP contribution is -2.52. The Morgan fingerprint density at radius 2 is 0.966 bits per heavy atom. The van der Waals surface area contributed by atoms with Crippen molar-refractivity contribution < 1.29 is 90.6 Å². The molecule has 0 saturated carbocycles. The van der Waals surface area contributed by atoms with Crippen LogP contribution in [0.1, 0.15) is 168 Å². The molecule has 19 nitrogen and oxygen atoms in total. The van der Waals surface area contributed by atoms with Gasteiger partial charge in [-0.3, -0.25) is 32.9 Å². The number of esters is 2. The van der Waals surface area contributed by atoms with Crippen molar-refractivity contribution >= 4 is 35.4 Å². The molecular weight excluding hydrogens is 841 g/mol. The molecule has 0 heterocycles. The summed E-state index contributed by atoms with van der Waals surface area (Å²) in [7, 11) is -16.7. The normalized spacial score (nSPS) is 20.3. The van der Waals surface area contributed by atoms with Gasteiger partial charge in [-0.2, -0.15) is 0 Å². The SMILES string of the molecule is CCCCCCCCCCCCCCCCCC(=O)OC[C@@H](COP(=O)(O)O[C@H]1C(O)=C(OP(=O)(O)O)[C@@H](OP(=O)(O)O)[C@@H](O)[C@H]1O)OC(=O)CCCCCCCCC. The van der Waals surface area contributed by atoms with Gasteiger partial charge in [-0.1, -0.05) is 142 Å². The minimum Gasteiger partial charge on any atom is -0.506 e. The van der Waals surface area contributed by atoms with E-state index < -0.39 is 90.7 Å². The number of phosphoric acid groups is 3. The molecule has 0 radical (unpaired) electrons. The maximum absolute atomic E-state index is 13.0. The van der Waals surface area contributed by atoms with Crippen molar-refractivity contribution in [3.63, 3.8) is 0 Å². The van der Waals surface area contributed by atoms with Gasteiger partial charge in [-0.05, 0) is 12.8 Å². The van der Waals surface area contributed by atoms with Gasteiger partial charge in [0, 0.05) is 12.8 Å². The van der Waals surface area contributed by atoms with Crippen LogP contribution in [0.15, 0.2) is 11.5 Å². The third-order valence-corrected chi connectivity index (χ3v) is 11.5. The van der Waals surface area contributed by atoms with Crippen LogP contribution in [0.5, 0.6) is 0 Å².